The number of nitrogens with zero attached hydrogens (tertiary/aromatic N) is 6. The van der Waals surface area contributed by atoms with Crippen molar-refractivity contribution in [3.05, 3.63) is 48.3 Å². The maximum absolute atomic E-state index is 16.9. The molecule has 0 radical (unpaired) electrons. The first-order valence-electron chi connectivity index (χ1n) is 11.5. The molecule has 0 N–H and O–H groups in total. The normalized spacial score (nSPS) is 29.7. The van der Waals surface area contributed by atoms with Crippen molar-refractivity contribution in [3.63, 3.8) is 0 Å². The van der Waals surface area contributed by atoms with E-state index in [1.165, 1.54) is 36.7 Å². The molecule has 2 atom stereocenters. The van der Waals surface area contributed by atoms with Crippen LogP contribution in [0.2, 0.25) is 0 Å². The molecule has 2 aromatic rings. The van der Waals surface area contributed by atoms with Crippen molar-refractivity contribution in [1.29, 1.82) is 0 Å². The summed E-state index contributed by atoms with van der Waals surface area (Å²) in [6, 6.07) is 7.25. The molecule has 0 saturated carbocycles. The van der Waals surface area contributed by atoms with Gasteiger partial charge in [0.25, 0.3) is 12.1 Å². The lowest BCUT2D eigenvalue weighted by atomic mass is 9.98. The molecule has 0 spiro atoms. The third kappa shape index (κ3) is 3.65. The summed E-state index contributed by atoms with van der Waals surface area (Å²) in [5.74, 6) is -14.7. The molecule has 0 amide bonds. The lowest BCUT2D eigenvalue weighted by Gasteiger charge is -2.43. The molecule has 0 bridgehead atoms. The summed E-state index contributed by atoms with van der Waals surface area (Å²) in [7, 11) is -4.15. The third-order valence-electron chi connectivity index (χ3n) is 6.83. The van der Waals surface area contributed by atoms with Crippen molar-refractivity contribution in [2.24, 2.45) is 0 Å². The van der Waals surface area contributed by atoms with Gasteiger partial charge < -0.3 is 0 Å². The minimum absolute atomic E-state index is 0.0331. The molecule has 3 aliphatic heterocycles. The van der Waals surface area contributed by atoms with Crippen molar-refractivity contribution in [2.75, 3.05) is 26.2 Å². The predicted molar refractivity (Wildman–Crippen MR) is 116 cm³/mol. The monoisotopic (exact) mass is 523 g/mol. The number of alkyl halides is 6. The van der Waals surface area contributed by atoms with Gasteiger partial charge in [-0.15, -0.1) is 14.4 Å². The highest BCUT2D eigenvalue weighted by Gasteiger charge is 2.92. The third-order valence-corrected chi connectivity index (χ3v) is 10.6. The molecular weight excluding hydrogens is 497 g/mol. The van der Waals surface area contributed by atoms with Crippen LogP contribution < -0.4 is 4.62 Å². The average molecular weight is 523 g/mol. The van der Waals surface area contributed by atoms with Crippen LogP contribution in [0.4, 0.5) is 26.3 Å². The molecule has 35 heavy (non-hydrogen) atoms. The second-order valence-electron chi connectivity index (χ2n) is 9.02. The molecule has 14 heteroatoms. The zero-order valence-electron chi connectivity index (χ0n) is 18.8. The van der Waals surface area contributed by atoms with Crippen LogP contribution in [0.5, 0.6) is 0 Å². The van der Waals surface area contributed by atoms with Crippen molar-refractivity contribution in [1.82, 2.24) is 29.2 Å². The topological polar surface area (TPSA) is 49.7 Å². The highest BCUT2D eigenvalue weighted by atomic mass is 31.2. The first-order valence-corrected chi connectivity index (χ1v) is 13.1. The minimum atomic E-state index is -5.34. The van der Waals surface area contributed by atoms with Crippen molar-refractivity contribution < 1.29 is 31.0 Å². The molecule has 3 saturated heterocycles. The highest BCUT2D eigenvalue weighted by molar-refractivity contribution is 7.64. The van der Waals surface area contributed by atoms with E-state index in [4.69, 9.17) is 4.62 Å². The minimum Gasteiger partial charge on any atom is -0.219 e. The number of benzene rings is 1. The van der Waals surface area contributed by atoms with Gasteiger partial charge in [0, 0.05) is 32.6 Å². The van der Waals surface area contributed by atoms with Gasteiger partial charge in [0.05, 0.1) is 12.4 Å². The van der Waals surface area contributed by atoms with Crippen LogP contribution in [-0.2, 0) is 6.42 Å². The molecule has 3 fully saturated rings. The molecule has 7 nitrogen and oxygen atoms in total. The summed E-state index contributed by atoms with van der Waals surface area (Å²) in [4.78, 5) is 0.828. The van der Waals surface area contributed by atoms with Crippen molar-refractivity contribution in [2.45, 2.75) is 56.0 Å². The van der Waals surface area contributed by atoms with Crippen LogP contribution in [0.3, 0.4) is 0 Å². The van der Waals surface area contributed by atoms with E-state index in [9.17, 15) is 0 Å². The van der Waals surface area contributed by atoms with Gasteiger partial charge in [0.15, 0.2) is 0 Å². The molecule has 1 aromatic heterocycles. The van der Waals surface area contributed by atoms with Gasteiger partial charge in [-0.25, -0.2) is 8.78 Å². The maximum Gasteiger partial charge on any atom is 0.457 e. The first kappa shape index (κ1) is 24.7. The Hall–Kier alpha value is -1.95. The highest BCUT2D eigenvalue weighted by Crippen LogP contribution is 2.76. The number of hydrogen-bond donors (Lipinski definition) is 0. The maximum atomic E-state index is 16.9. The zero-order valence-corrected chi connectivity index (χ0v) is 19.7. The van der Waals surface area contributed by atoms with Gasteiger partial charge in [-0.2, -0.15) is 22.2 Å². The lowest BCUT2D eigenvalue weighted by Crippen LogP contribution is -2.59. The molecule has 192 valence electrons. The van der Waals surface area contributed by atoms with Gasteiger partial charge in [-0.3, -0.25) is 0 Å². The Bertz CT molecular complexity index is 989. The Balaban J connectivity index is 1.73. The van der Waals surface area contributed by atoms with E-state index in [0.717, 1.165) is 4.85 Å². The predicted octanol–water partition coefficient (Wildman–Crippen LogP) is 4.37. The van der Waals surface area contributed by atoms with Crippen LogP contribution in [0.15, 0.2) is 42.7 Å². The standard InChI is InChI=1S/C21H26F6N6OP/c22-18-20(24,25)21(26,27)19(23,16-17-8-2-1-3-9-17)33(18)35(30-11-4-5-12-30,31-13-6-7-14-31)34-32-15-10-28-29-32/h1-3,8-10,15,18H,4-7,11-14,16H2/q+1. The van der Waals surface area contributed by atoms with E-state index in [-0.39, 0.29) is 36.4 Å². The summed E-state index contributed by atoms with van der Waals surface area (Å²) in [5.41, 5.74) is 0.0336. The number of aromatic nitrogens is 3. The van der Waals surface area contributed by atoms with Crippen LogP contribution in [0, 0.1) is 0 Å². The van der Waals surface area contributed by atoms with Gasteiger partial charge in [-0.1, -0.05) is 30.3 Å². The molecule has 1 aromatic carbocycles. The molecule has 2 unspecified atom stereocenters. The fraction of sp³-hybridized carbons (Fsp3) is 0.619. The van der Waals surface area contributed by atoms with E-state index in [0.29, 0.717) is 25.7 Å². The number of rotatable bonds is 7. The van der Waals surface area contributed by atoms with Gasteiger partial charge in [0.1, 0.15) is 0 Å². The second-order valence-corrected chi connectivity index (χ2v) is 11.8. The Morgan fingerprint density at radius 2 is 1.49 bits per heavy atom. The van der Waals surface area contributed by atoms with E-state index >= 15 is 26.3 Å². The molecule has 3 aliphatic rings. The fourth-order valence-electron chi connectivity index (χ4n) is 5.15. The van der Waals surface area contributed by atoms with Crippen LogP contribution >= 0.6 is 7.94 Å². The number of halogens is 6. The van der Waals surface area contributed by atoms with Crippen molar-refractivity contribution in [3.8, 4) is 0 Å². The Morgan fingerprint density at radius 3 is 2.00 bits per heavy atom. The Kier molecular flexibility index (Phi) is 6.26. The summed E-state index contributed by atoms with van der Waals surface area (Å²) >= 11 is 0. The second kappa shape index (κ2) is 8.86. The Morgan fingerprint density at radius 1 is 0.914 bits per heavy atom. The lowest BCUT2D eigenvalue weighted by molar-refractivity contribution is -0.249. The Labute approximate surface area is 199 Å². The average Bonchev–Trinajstić information content (AvgIpc) is 3.63. The summed E-state index contributed by atoms with van der Waals surface area (Å²) < 4.78 is 103. The van der Waals surface area contributed by atoms with Gasteiger partial charge in [-0.05, 0) is 46.0 Å². The first-order chi connectivity index (χ1) is 16.6. The van der Waals surface area contributed by atoms with Crippen molar-refractivity contribution >= 4 is 7.94 Å². The smallest absolute Gasteiger partial charge is 0.219 e. The summed E-state index contributed by atoms with van der Waals surface area (Å²) in [6.45, 7) is 1.00. The summed E-state index contributed by atoms with van der Waals surface area (Å²) in [5, 5.41) is 7.35. The van der Waals surface area contributed by atoms with E-state index in [1.54, 1.807) is 15.4 Å². The zero-order chi connectivity index (χ0) is 24.9. The molecule has 5 rings (SSSR count). The van der Waals surface area contributed by atoms with Crippen LogP contribution in [0.25, 0.3) is 0 Å². The fourth-order valence-corrected chi connectivity index (χ4v) is 9.27. The largest absolute Gasteiger partial charge is 0.457 e. The molecular formula is C21H26F6N6OP+. The quantitative estimate of drug-likeness (QED) is 0.305. The van der Waals surface area contributed by atoms with E-state index in [1.807, 2.05) is 0 Å². The van der Waals surface area contributed by atoms with Crippen LogP contribution in [-0.4, -0.2) is 79.3 Å². The van der Waals surface area contributed by atoms with E-state index < -0.39 is 38.3 Å². The SMILES string of the molecule is FC1N([P+](On2ccnn2)(N2CCCC2)N2CCCC2)C(F)(Cc2ccccc2)C(F)(F)C1(F)F. The molecule has 0 aliphatic carbocycles. The van der Waals surface area contributed by atoms with E-state index in [2.05, 4.69) is 10.3 Å². The van der Waals surface area contributed by atoms with Gasteiger partial charge >= 0.3 is 19.8 Å². The molecule has 4 heterocycles. The van der Waals surface area contributed by atoms with Crippen LogP contribution in [0.1, 0.15) is 31.2 Å². The summed E-state index contributed by atoms with van der Waals surface area (Å²) in [6.07, 6.45) is 0.118. The van der Waals surface area contributed by atoms with Gasteiger partial charge in [0.2, 0.25) is 0 Å². The number of hydrogen-bond acceptors (Lipinski definition) is 6.